The largest absolute Gasteiger partial charge is 0.380 e. The maximum Gasteiger partial charge on any atom is 0.110 e. The van der Waals surface area contributed by atoms with Gasteiger partial charge in [0.05, 0.1) is 11.6 Å². The molecule has 1 aromatic carbocycles. The first-order valence-electron chi connectivity index (χ1n) is 5.04. The Bertz CT molecular complexity index is 584. The van der Waals surface area contributed by atoms with E-state index in [1.165, 1.54) is 11.3 Å². The molecule has 1 heterocycles. The van der Waals surface area contributed by atoms with Crippen molar-refractivity contribution in [1.29, 1.82) is 10.5 Å². The van der Waals surface area contributed by atoms with Crippen LogP contribution in [0, 0.1) is 22.7 Å². The lowest BCUT2D eigenvalue weighted by molar-refractivity contribution is 1.19. The number of anilines is 1. The predicted octanol–water partition coefficient (Wildman–Crippen LogP) is 3.10. The van der Waals surface area contributed by atoms with Crippen molar-refractivity contribution in [2.75, 3.05) is 5.32 Å². The third kappa shape index (κ3) is 2.84. The molecule has 1 N–H and O–H groups in total. The standard InChI is InChI=1S/C13H9N3S/c14-7-10-1-3-11(4-2-10)16-9-13-6-5-12(8-15)17-13/h1-6,16H,9H2. The Kier molecular flexibility index (Phi) is 3.40. The van der Waals surface area contributed by atoms with Crippen molar-refractivity contribution in [3.05, 3.63) is 51.7 Å². The first kappa shape index (κ1) is 11.2. The van der Waals surface area contributed by atoms with Crippen LogP contribution >= 0.6 is 11.3 Å². The van der Waals surface area contributed by atoms with Gasteiger partial charge in [-0.25, -0.2) is 0 Å². The summed E-state index contributed by atoms with van der Waals surface area (Å²) in [6, 6.07) is 15.3. The minimum atomic E-state index is 0.651. The minimum Gasteiger partial charge on any atom is -0.380 e. The minimum absolute atomic E-state index is 0.651. The van der Waals surface area contributed by atoms with Gasteiger partial charge in [-0.05, 0) is 36.4 Å². The lowest BCUT2D eigenvalue weighted by Crippen LogP contribution is -1.96. The first-order chi connectivity index (χ1) is 8.31. The summed E-state index contributed by atoms with van der Waals surface area (Å²) < 4.78 is 0. The number of hydrogen-bond donors (Lipinski definition) is 1. The summed E-state index contributed by atoms with van der Waals surface area (Å²) in [7, 11) is 0. The molecule has 0 unspecified atom stereocenters. The van der Waals surface area contributed by atoms with Gasteiger partial charge in [-0.2, -0.15) is 10.5 Å². The van der Waals surface area contributed by atoms with E-state index < -0.39 is 0 Å². The Morgan fingerprint density at radius 1 is 1.00 bits per heavy atom. The van der Waals surface area contributed by atoms with Crippen LogP contribution < -0.4 is 5.32 Å². The number of nitrogens with zero attached hydrogens (tertiary/aromatic N) is 2. The van der Waals surface area contributed by atoms with E-state index in [4.69, 9.17) is 10.5 Å². The van der Waals surface area contributed by atoms with Crippen molar-refractivity contribution in [1.82, 2.24) is 0 Å². The molecule has 3 nitrogen and oxygen atoms in total. The van der Waals surface area contributed by atoms with E-state index in [2.05, 4.69) is 17.5 Å². The fraction of sp³-hybridized carbons (Fsp3) is 0.0769. The third-order valence-electron chi connectivity index (χ3n) is 2.25. The highest BCUT2D eigenvalue weighted by atomic mass is 32.1. The van der Waals surface area contributed by atoms with Gasteiger partial charge in [-0.3, -0.25) is 0 Å². The second kappa shape index (κ2) is 5.16. The van der Waals surface area contributed by atoms with Gasteiger partial charge in [0.15, 0.2) is 0 Å². The van der Waals surface area contributed by atoms with Crippen molar-refractivity contribution in [3.63, 3.8) is 0 Å². The zero-order valence-electron chi connectivity index (χ0n) is 8.97. The average Bonchev–Trinajstić information content (AvgIpc) is 2.85. The summed E-state index contributed by atoms with van der Waals surface area (Å²) in [5.74, 6) is 0. The number of nitrogens with one attached hydrogen (secondary N) is 1. The summed E-state index contributed by atoms with van der Waals surface area (Å²) >= 11 is 1.48. The Balaban J connectivity index is 1.98. The van der Waals surface area contributed by atoms with E-state index in [0.717, 1.165) is 15.4 Å². The zero-order valence-corrected chi connectivity index (χ0v) is 9.79. The van der Waals surface area contributed by atoms with Crippen LogP contribution in [-0.4, -0.2) is 0 Å². The Hall–Kier alpha value is -2.30. The van der Waals surface area contributed by atoms with E-state index in [0.29, 0.717) is 12.1 Å². The number of thiophene rings is 1. The van der Waals surface area contributed by atoms with Gasteiger partial charge in [-0.1, -0.05) is 0 Å². The molecule has 1 aromatic heterocycles. The molecule has 0 saturated heterocycles. The molecule has 4 heteroatoms. The highest BCUT2D eigenvalue weighted by molar-refractivity contribution is 7.12. The first-order valence-corrected chi connectivity index (χ1v) is 5.86. The maximum absolute atomic E-state index is 8.70. The van der Waals surface area contributed by atoms with Crippen molar-refractivity contribution in [3.8, 4) is 12.1 Å². The fourth-order valence-corrected chi connectivity index (χ4v) is 2.13. The van der Waals surface area contributed by atoms with Crippen LogP contribution in [0.15, 0.2) is 36.4 Å². The summed E-state index contributed by atoms with van der Waals surface area (Å²) in [6.07, 6.45) is 0. The molecule has 0 atom stereocenters. The Morgan fingerprint density at radius 2 is 1.76 bits per heavy atom. The number of nitriles is 2. The topological polar surface area (TPSA) is 59.6 Å². The van der Waals surface area contributed by atoms with E-state index in [9.17, 15) is 0 Å². The molecule has 0 aliphatic heterocycles. The van der Waals surface area contributed by atoms with Crippen LogP contribution in [0.4, 0.5) is 5.69 Å². The second-order valence-electron chi connectivity index (χ2n) is 3.42. The monoisotopic (exact) mass is 239 g/mol. The van der Waals surface area contributed by atoms with Crippen molar-refractivity contribution in [2.24, 2.45) is 0 Å². The number of benzene rings is 1. The molecule has 82 valence electrons. The van der Waals surface area contributed by atoms with Gasteiger partial charge in [0.25, 0.3) is 0 Å². The van der Waals surface area contributed by atoms with Crippen LogP contribution in [0.3, 0.4) is 0 Å². The van der Waals surface area contributed by atoms with Gasteiger partial charge in [0.1, 0.15) is 10.9 Å². The Labute approximate surface area is 104 Å². The quantitative estimate of drug-likeness (QED) is 0.895. The summed E-state index contributed by atoms with van der Waals surface area (Å²) in [5.41, 5.74) is 1.62. The molecule has 0 amide bonds. The number of rotatable bonds is 3. The highest BCUT2D eigenvalue weighted by Gasteiger charge is 1.99. The molecule has 0 fully saturated rings. The van der Waals surface area contributed by atoms with Gasteiger partial charge < -0.3 is 5.32 Å². The molecule has 0 spiro atoms. The lowest BCUT2D eigenvalue weighted by Gasteiger charge is -2.03. The third-order valence-corrected chi connectivity index (χ3v) is 3.24. The van der Waals surface area contributed by atoms with Gasteiger partial charge in [0, 0.05) is 17.1 Å². The SMILES string of the molecule is N#Cc1ccc(NCc2ccc(C#N)s2)cc1. The Morgan fingerprint density at radius 3 is 2.35 bits per heavy atom. The summed E-state index contributed by atoms with van der Waals surface area (Å²) in [5, 5.41) is 20.6. The second-order valence-corrected chi connectivity index (χ2v) is 4.59. The van der Waals surface area contributed by atoms with Gasteiger partial charge in [0.2, 0.25) is 0 Å². The van der Waals surface area contributed by atoms with E-state index >= 15 is 0 Å². The van der Waals surface area contributed by atoms with Crippen molar-refractivity contribution in [2.45, 2.75) is 6.54 Å². The molecule has 0 aliphatic carbocycles. The van der Waals surface area contributed by atoms with Crippen molar-refractivity contribution < 1.29 is 0 Å². The number of hydrogen-bond acceptors (Lipinski definition) is 4. The van der Waals surface area contributed by atoms with Gasteiger partial charge >= 0.3 is 0 Å². The van der Waals surface area contributed by atoms with Crippen LogP contribution in [0.1, 0.15) is 15.3 Å². The molecule has 0 bridgehead atoms. The highest BCUT2D eigenvalue weighted by Crippen LogP contribution is 2.17. The van der Waals surface area contributed by atoms with Crippen LogP contribution in [-0.2, 0) is 6.54 Å². The van der Waals surface area contributed by atoms with Crippen molar-refractivity contribution >= 4 is 17.0 Å². The summed E-state index contributed by atoms with van der Waals surface area (Å²) in [4.78, 5) is 1.84. The van der Waals surface area contributed by atoms with Crippen LogP contribution in [0.5, 0.6) is 0 Å². The maximum atomic E-state index is 8.70. The zero-order chi connectivity index (χ0) is 12.1. The lowest BCUT2D eigenvalue weighted by atomic mass is 10.2. The molecule has 2 rings (SSSR count). The normalized spacial score (nSPS) is 9.29. The van der Waals surface area contributed by atoms with Crippen LogP contribution in [0.25, 0.3) is 0 Å². The van der Waals surface area contributed by atoms with Gasteiger partial charge in [-0.15, -0.1) is 11.3 Å². The van der Waals surface area contributed by atoms with E-state index in [1.807, 2.05) is 24.3 Å². The summed E-state index contributed by atoms with van der Waals surface area (Å²) in [6.45, 7) is 0.693. The molecular weight excluding hydrogens is 230 g/mol. The van der Waals surface area contributed by atoms with E-state index in [-0.39, 0.29) is 0 Å². The average molecular weight is 239 g/mol. The molecule has 2 aromatic rings. The molecule has 0 aliphatic rings. The fourth-order valence-electron chi connectivity index (χ4n) is 1.38. The molecule has 17 heavy (non-hydrogen) atoms. The molecular formula is C13H9N3S. The smallest absolute Gasteiger partial charge is 0.110 e. The predicted molar refractivity (Wildman–Crippen MR) is 67.5 cm³/mol. The molecule has 0 radical (unpaired) electrons. The van der Waals surface area contributed by atoms with Crippen LogP contribution in [0.2, 0.25) is 0 Å². The van der Waals surface area contributed by atoms with E-state index in [1.54, 1.807) is 12.1 Å². The molecule has 0 saturated carbocycles.